The highest BCUT2D eigenvalue weighted by molar-refractivity contribution is 14.1. The van der Waals surface area contributed by atoms with Crippen molar-refractivity contribution in [3.63, 3.8) is 0 Å². The van der Waals surface area contributed by atoms with Crippen molar-refractivity contribution in [2.45, 2.75) is 6.92 Å². The van der Waals surface area contributed by atoms with Crippen LogP contribution in [0.1, 0.15) is 5.69 Å². The fraction of sp³-hybridized carbons (Fsp3) is 0.100. The molecule has 0 aliphatic heterocycles. The average molecular weight is 297 g/mol. The number of aryl methyl sites for hydroxylation is 1. The Kier molecular flexibility index (Phi) is 2.72. The summed E-state index contributed by atoms with van der Waals surface area (Å²) >= 11 is 2.27. The van der Waals surface area contributed by atoms with Gasteiger partial charge >= 0.3 is 0 Å². The molecule has 0 fully saturated rings. The molecule has 2 aromatic rings. The van der Waals surface area contributed by atoms with Crippen molar-refractivity contribution in [2.24, 2.45) is 0 Å². The first-order valence-electron chi connectivity index (χ1n) is 4.17. The van der Waals surface area contributed by atoms with Crippen LogP contribution < -0.4 is 0 Å². The molecule has 70 valence electrons. The largest absolute Gasteiger partial charge is 0.261 e. The lowest BCUT2D eigenvalue weighted by atomic mass is 10.2. The molecule has 0 amide bonds. The molecule has 0 radical (unpaired) electrons. The Balaban J connectivity index is 2.53. The van der Waals surface area contributed by atoms with E-state index in [1.54, 1.807) is 18.5 Å². The van der Waals surface area contributed by atoms with Gasteiger partial charge in [-0.1, -0.05) is 0 Å². The van der Waals surface area contributed by atoms with Crippen LogP contribution in [0.5, 0.6) is 0 Å². The summed E-state index contributed by atoms with van der Waals surface area (Å²) < 4.78 is 1.13. The van der Waals surface area contributed by atoms with Crippen molar-refractivity contribution in [2.75, 3.05) is 0 Å². The van der Waals surface area contributed by atoms with Gasteiger partial charge in [-0.2, -0.15) is 0 Å². The maximum Gasteiger partial charge on any atom is 0.161 e. The number of pyridine rings is 1. The minimum absolute atomic E-state index is 0.726. The van der Waals surface area contributed by atoms with Gasteiger partial charge in [-0.15, -0.1) is 0 Å². The minimum Gasteiger partial charge on any atom is -0.261 e. The van der Waals surface area contributed by atoms with Crippen molar-refractivity contribution in [3.8, 4) is 11.4 Å². The van der Waals surface area contributed by atoms with Gasteiger partial charge in [-0.3, -0.25) is 4.98 Å². The van der Waals surface area contributed by atoms with Gasteiger partial charge in [0.05, 0.1) is 5.56 Å². The Morgan fingerprint density at radius 1 is 1.14 bits per heavy atom. The molecule has 0 aliphatic carbocycles. The number of hydrogen-bond acceptors (Lipinski definition) is 3. The van der Waals surface area contributed by atoms with Crippen LogP contribution in [0.4, 0.5) is 0 Å². The Bertz CT molecular complexity index is 442. The summed E-state index contributed by atoms with van der Waals surface area (Å²) in [7, 11) is 0. The summed E-state index contributed by atoms with van der Waals surface area (Å²) in [5, 5.41) is 0. The monoisotopic (exact) mass is 297 g/mol. The molecule has 0 saturated carbocycles. The zero-order chi connectivity index (χ0) is 9.97. The van der Waals surface area contributed by atoms with Gasteiger partial charge in [-0.25, -0.2) is 9.97 Å². The van der Waals surface area contributed by atoms with Crippen LogP contribution in [-0.4, -0.2) is 15.0 Å². The first-order valence-corrected chi connectivity index (χ1v) is 5.25. The number of nitrogens with zero attached hydrogens (tertiary/aromatic N) is 3. The summed E-state index contributed by atoms with van der Waals surface area (Å²) in [6.07, 6.45) is 5.28. The molecule has 2 heterocycles. The molecule has 0 N–H and O–H groups in total. The van der Waals surface area contributed by atoms with Crippen molar-refractivity contribution in [1.29, 1.82) is 0 Å². The summed E-state index contributed by atoms with van der Waals surface area (Å²) in [5.41, 5.74) is 1.99. The molecule has 2 aromatic heterocycles. The normalized spacial score (nSPS) is 10.1. The predicted octanol–water partition coefficient (Wildman–Crippen LogP) is 2.45. The maximum absolute atomic E-state index is 4.23. The van der Waals surface area contributed by atoms with Gasteiger partial charge in [0, 0.05) is 27.9 Å². The average Bonchev–Trinajstić information content (AvgIpc) is 2.19. The molecular formula is C10H8IN3. The topological polar surface area (TPSA) is 38.7 Å². The highest BCUT2D eigenvalue weighted by atomic mass is 127. The van der Waals surface area contributed by atoms with E-state index in [1.165, 1.54) is 0 Å². The van der Waals surface area contributed by atoms with Gasteiger partial charge in [0.1, 0.15) is 0 Å². The number of halogens is 1. The summed E-state index contributed by atoms with van der Waals surface area (Å²) in [6.45, 7) is 1.97. The van der Waals surface area contributed by atoms with E-state index in [0.29, 0.717) is 0 Å². The fourth-order valence-corrected chi connectivity index (χ4v) is 1.96. The quantitative estimate of drug-likeness (QED) is 0.759. The molecule has 3 nitrogen and oxygen atoms in total. The van der Waals surface area contributed by atoms with E-state index < -0.39 is 0 Å². The first-order chi connectivity index (χ1) is 6.77. The van der Waals surface area contributed by atoms with Gasteiger partial charge in [0.25, 0.3) is 0 Å². The second-order valence-corrected chi connectivity index (χ2v) is 4.04. The third-order valence-corrected chi connectivity index (χ3v) is 2.69. The van der Waals surface area contributed by atoms with Gasteiger partial charge < -0.3 is 0 Å². The second kappa shape index (κ2) is 4.00. The second-order valence-electron chi connectivity index (χ2n) is 2.88. The molecular weight excluding hydrogens is 289 g/mol. The SMILES string of the molecule is Cc1cc(I)c(-c2ncccn2)cn1. The van der Waals surface area contributed by atoms with Crippen LogP contribution in [0.2, 0.25) is 0 Å². The Morgan fingerprint density at radius 2 is 1.86 bits per heavy atom. The maximum atomic E-state index is 4.23. The molecule has 0 atom stereocenters. The number of aromatic nitrogens is 3. The molecule has 0 unspecified atom stereocenters. The molecule has 0 aliphatic rings. The van der Waals surface area contributed by atoms with E-state index in [-0.39, 0.29) is 0 Å². The molecule has 4 heteroatoms. The Morgan fingerprint density at radius 3 is 2.50 bits per heavy atom. The van der Waals surface area contributed by atoms with Crippen LogP contribution in [-0.2, 0) is 0 Å². The van der Waals surface area contributed by atoms with Crippen molar-refractivity contribution in [1.82, 2.24) is 15.0 Å². The molecule has 0 bridgehead atoms. The fourth-order valence-electron chi connectivity index (χ4n) is 1.13. The third-order valence-electron chi connectivity index (χ3n) is 1.80. The van der Waals surface area contributed by atoms with E-state index >= 15 is 0 Å². The van der Waals surface area contributed by atoms with Crippen molar-refractivity contribution < 1.29 is 0 Å². The minimum atomic E-state index is 0.726. The summed E-state index contributed by atoms with van der Waals surface area (Å²) in [4.78, 5) is 12.6. The van der Waals surface area contributed by atoms with Crippen LogP contribution in [0.25, 0.3) is 11.4 Å². The van der Waals surface area contributed by atoms with Crippen molar-refractivity contribution >= 4 is 22.6 Å². The molecule has 2 rings (SSSR count). The Labute approximate surface area is 95.8 Å². The molecule has 0 spiro atoms. The van der Waals surface area contributed by atoms with Crippen LogP contribution in [0.15, 0.2) is 30.7 Å². The lowest BCUT2D eigenvalue weighted by Gasteiger charge is -2.02. The zero-order valence-electron chi connectivity index (χ0n) is 7.61. The molecule has 0 aromatic carbocycles. The van der Waals surface area contributed by atoms with Crippen molar-refractivity contribution in [3.05, 3.63) is 40.0 Å². The van der Waals surface area contributed by atoms with E-state index in [2.05, 4.69) is 37.5 Å². The summed E-state index contributed by atoms with van der Waals surface area (Å²) in [5.74, 6) is 0.726. The van der Waals surface area contributed by atoms with Gasteiger partial charge in [0.15, 0.2) is 5.82 Å². The van der Waals surface area contributed by atoms with E-state index in [9.17, 15) is 0 Å². The van der Waals surface area contributed by atoms with Crippen LogP contribution in [0.3, 0.4) is 0 Å². The predicted molar refractivity (Wildman–Crippen MR) is 62.7 cm³/mol. The Hall–Kier alpha value is -1.04. The van der Waals surface area contributed by atoms with E-state index in [4.69, 9.17) is 0 Å². The lowest BCUT2D eigenvalue weighted by Crippen LogP contribution is -1.92. The summed E-state index contributed by atoms with van der Waals surface area (Å²) in [6, 6.07) is 3.82. The highest BCUT2D eigenvalue weighted by Gasteiger charge is 2.05. The number of rotatable bonds is 1. The van der Waals surface area contributed by atoms with Gasteiger partial charge in [0.2, 0.25) is 0 Å². The third kappa shape index (κ3) is 1.89. The van der Waals surface area contributed by atoms with Crippen LogP contribution >= 0.6 is 22.6 Å². The standard InChI is InChI=1S/C10H8IN3/c1-7-5-9(11)8(6-14-7)10-12-3-2-4-13-10/h2-6H,1H3. The lowest BCUT2D eigenvalue weighted by molar-refractivity contribution is 1.14. The number of hydrogen-bond donors (Lipinski definition) is 0. The zero-order valence-corrected chi connectivity index (χ0v) is 9.76. The highest BCUT2D eigenvalue weighted by Crippen LogP contribution is 2.20. The molecule has 14 heavy (non-hydrogen) atoms. The smallest absolute Gasteiger partial charge is 0.161 e. The first kappa shape index (κ1) is 9.51. The molecule has 0 saturated heterocycles. The van der Waals surface area contributed by atoms with Gasteiger partial charge in [-0.05, 0) is 41.6 Å². The van der Waals surface area contributed by atoms with E-state index in [1.807, 2.05) is 19.2 Å². The van der Waals surface area contributed by atoms with E-state index in [0.717, 1.165) is 20.7 Å². The van der Waals surface area contributed by atoms with Crippen LogP contribution in [0, 0.1) is 10.5 Å².